The summed E-state index contributed by atoms with van der Waals surface area (Å²) in [6.07, 6.45) is 9.89. The topological polar surface area (TPSA) is 148 Å². The van der Waals surface area contributed by atoms with Gasteiger partial charge in [0.2, 0.25) is 0 Å². The fourth-order valence-corrected chi connectivity index (χ4v) is 7.30. The van der Waals surface area contributed by atoms with E-state index in [4.69, 9.17) is 0 Å². The molecular formula is C35H37BrN5O6S2+. The molecule has 256 valence electrons. The second-order valence-electron chi connectivity index (χ2n) is 11.5. The van der Waals surface area contributed by atoms with Crippen LogP contribution >= 0.6 is 15.9 Å². The number of rotatable bonds is 13. The smallest absolute Gasteiger partial charge is 0.282 e. The second-order valence-corrected chi connectivity index (χ2v) is 15.6. The van der Waals surface area contributed by atoms with Crippen molar-refractivity contribution in [3.63, 3.8) is 0 Å². The highest BCUT2D eigenvalue weighted by molar-refractivity contribution is 9.10. The van der Waals surface area contributed by atoms with Crippen molar-refractivity contribution in [3.8, 4) is 17.2 Å². The molecule has 2 N–H and O–H groups in total. The number of halogens is 1. The van der Waals surface area contributed by atoms with E-state index in [1.165, 1.54) is 0 Å². The van der Waals surface area contributed by atoms with Gasteiger partial charge in [-0.15, -0.1) is 0 Å². The van der Waals surface area contributed by atoms with Crippen molar-refractivity contribution in [1.29, 1.82) is 5.26 Å². The van der Waals surface area contributed by atoms with Gasteiger partial charge in [0.25, 0.3) is 26.1 Å². The van der Waals surface area contributed by atoms with Crippen LogP contribution in [0.5, 0.6) is 0 Å². The molecule has 14 heteroatoms. The Hall–Kier alpha value is -4.26. The molecule has 4 aromatic rings. The number of hydrogen-bond acceptors (Lipinski definition) is 7. The molecule has 0 amide bonds. The number of fused-ring (bicyclic) bond motifs is 2. The number of imidazole rings is 1. The van der Waals surface area contributed by atoms with Crippen LogP contribution < -0.4 is 14.4 Å². The molecule has 0 radical (unpaired) electrons. The highest BCUT2D eigenvalue weighted by Crippen LogP contribution is 2.42. The summed E-state index contributed by atoms with van der Waals surface area (Å²) in [4.78, 5) is 4.03. The van der Waals surface area contributed by atoms with E-state index in [2.05, 4.69) is 33.0 Å². The van der Waals surface area contributed by atoms with Crippen LogP contribution in [0, 0.1) is 11.3 Å². The minimum atomic E-state index is -4.12. The molecular weight excluding hydrogens is 730 g/mol. The maximum absolute atomic E-state index is 11.5. The van der Waals surface area contributed by atoms with E-state index in [1.54, 1.807) is 12.1 Å². The Kier molecular flexibility index (Phi) is 11.1. The molecule has 0 spiro atoms. The van der Waals surface area contributed by atoms with E-state index in [9.17, 15) is 31.2 Å². The Morgan fingerprint density at radius 3 is 2.16 bits per heavy atom. The Morgan fingerprint density at radius 2 is 1.51 bits per heavy atom. The summed E-state index contributed by atoms with van der Waals surface area (Å²) in [6.45, 7) is 3.31. The number of hydrogen-bond donors (Lipinski definition) is 2. The number of allylic oxidation sites excluding steroid dienone is 4. The SMILES string of the molecule is CCN1\C(=C/C=C/C=C/c2n(CCCS(=O)(=O)O)c3cc(-c4ccc(Br)cc4)ccc3[n+]2C)N(CCCS(=O)(=O)O)c2cc(C#N)ccc21. The molecule has 49 heavy (non-hydrogen) atoms. The summed E-state index contributed by atoms with van der Waals surface area (Å²) in [5.74, 6) is 0.897. The lowest BCUT2D eigenvalue weighted by Crippen LogP contribution is -2.31. The van der Waals surface area contributed by atoms with Crippen molar-refractivity contribution in [2.24, 2.45) is 7.05 Å². The second kappa shape index (κ2) is 15.1. The molecule has 1 aromatic heterocycles. The molecule has 1 aliphatic rings. The van der Waals surface area contributed by atoms with Crippen LogP contribution in [0.15, 0.2) is 95.3 Å². The van der Waals surface area contributed by atoms with E-state index < -0.39 is 20.2 Å². The van der Waals surface area contributed by atoms with Gasteiger partial charge in [0.15, 0.2) is 11.0 Å². The lowest BCUT2D eigenvalue weighted by Gasteiger charge is -2.24. The minimum absolute atomic E-state index is 0.190. The van der Waals surface area contributed by atoms with Gasteiger partial charge < -0.3 is 9.80 Å². The molecule has 0 bridgehead atoms. The lowest BCUT2D eigenvalue weighted by atomic mass is 10.1. The van der Waals surface area contributed by atoms with Crippen LogP contribution in [0.1, 0.15) is 31.2 Å². The van der Waals surface area contributed by atoms with Crippen molar-refractivity contribution in [1.82, 2.24) is 4.57 Å². The van der Waals surface area contributed by atoms with Crippen molar-refractivity contribution in [3.05, 3.63) is 107 Å². The summed E-state index contributed by atoms with van der Waals surface area (Å²) in [5.41, 5.74) is 6.09. The Bertz CT molecular complexity index is 2220. The third-order valence-corrected chi connectivity index (χ3v) is 10.4. The lowest BCUT2D eigenvalue weighted by molar-refractivity contribution is -0.647. The largest absolute Gasteiger partial charge is 0.326 e. The maximum Gasteiger partial charge on any atom is 0.282 e. The van der Waals surface area contributed by atoms with E-state index in [0.29, 0.717) is 25.2 Å². The molecule has 0 aliphatic carbocycles. The van der Waals surface area contributed by atoms with Crippen LogP contribution in [0.2, 0.25) is 0 Å². The van der Waals surface area contributed by atoms with Crippen molar-refractivity contribution in [2.75, 3.05) is 34.4 Å². The first kappa shape index (κ1) is 36.0. The summed E-state index contributed by atoms with van der Waals surface area (Å²) >= 11 is 3.48. The molecule has 3 aromatic carbocycles. The molecule has 5 rings (SSSR count). The van der Waals surface area contributed by atoms with Gasteiger partial charge >= 0.3 is 0 Å². The standard InChI is InChI=1S/C35H36BrN5O6S2/c1-3-39-31-17-11-26(25-37)23-32(31)41(20-8-22-49(45,46)47)35(39)10-6-4-5-9-34-38(2)30-18-14-28(27-12-15-29(36)16-13-27)24-33(30)40(34)19-7-21-48(42,43)44/h4-6,9-18,23-24H,3,7-8,19-22H2,1-2H3,(H-,42,43,44,45,46,47)/p+1. The zero-order valence-corrected chi connectivity index (χ0v) is 30.3. The van der Waals surface area contributed by atoms with E-state index in [1.807, 2.05) is 101 Å². The molecule has 1 aliphatic heterocycles. The van der Waals surface area contributed by atoms with Crippen LogP contribution in [-0.4, -0.2) is 55.1 Å². The number of aryl methyl sites for hydroxylation is 2. The Labute approximate surface area is 295 Å². The molecule has 0 saturated carbocycles. The molecule has 2 heterocycles. The van der Waals surface area contributed by atoms with Crippen LogP contribution in [-0.2, 0) is 33.8 Å². The van der Waals surface area contributed by atoms with Crippen LogP contribution in [0.4, 0.5) is 11.4 Å². The summed E-state index contributed by atoms with van der Waals surface area (Å²) < 4.78 is 69.6. The van der Waals surface area contributed by atoms with Crippen LogP contribution in [0.3, 0.4) is 0 Å². The zero-order valence-electron chi connectivity index (χ0n) is 27.1. The molecule has 0 unspecified atom stereocenters. The predicted molar refractivity (Wildman–Crippen MR) is 196 cm³/mol. The number of aromatic nitrogens is 2. The van der Waals surface area contributed by atoms with Gasteiger partial charge in [0.1, 0.15) is 5.82 Å². The fraction of sp³-hybridized carbons (Fsp3) is 0.257. The van der Waals surface area contributed by atoms with E-state index in [0.717, 1.165) is 49.7 Å². The number of nitriles is 1. The summed E-state index contributed by atoms with van der Waals surface area (Å²) in [5, 5.41) is 9.49. The highest BCUT2D eigenvalue weighted by Gasteiger charge is 2.30. The van der Waals surface area contributed by atoms with Gasteiger partial charge in [-0.05, 0) is 79.1 Å². The van der Waals surface area contributed by atoms with Crippen molar-refractivity contribution >= 4 is 64.7 Å². The van der Waals surface area contributed by atoms with Gasteiger partial charge in [0.05, 0.1) is 48.1 Å². The number of benzene rings is 3. The summed E-state index contributed by atoms with van der Waals surface area (Å²) in [7, 11) is -6.30. The summed E-state index contributed by atoms with van der Waals surface area (Å²) in [6, 6.07) is 21.7. The van der Waals surface area contributed by atoms with Gasteiger partial charge in [0, 0.05) is 30.1 Å². The zero-order chi connectivity index (χ0) is 35.3. The molecule has 0 saturated heterocycles. The van der Waals surface area contributed by atoms with E-state index in [-0.39, 0.29) is 24.3 Å². The monoisotopic (exact) mass is 766 g/mol. The highest BCUT2D eigenvalue weighted by atomic mass is 79.9. The average molecular weight is 768 g/mol. The average Bonchev–Trinajstić information content (AvgIpc) is 3.49. The quantitative estimate of drug-likeness (QED) is 0.0939. The Balaban J connectivity index is 1.47. The molecule has 11 nitrogen and oxygen atoms in total. The maximum atomic E-state index is 11.5. The Morgan fingerprint density at radius 1 is 0.837 bits per heavy atom. The van der Waals surface area contributed by atoms with E-state index >= 15 is 0 Å². The van der Waals surface area contributed by atoms with Gasteiger partial charge in [-0.3, -0.25) is 9.11 Å². The first-order valence-electron chi connectivity index (χ1n) is 15.6. The van der Waals surface area contributed by atoms with Gasteiger partial charge in [-0.1, -0.05) is 46.3 Å². The number of anilines is 2. The third-order valence-electron chi connectivity index (χ3n) is 8.26. The first-order valence-corrected chi connectivity index (χ1v) is 19.6. The predicted octanol–water partition coefficient (Wildman–Crippen LogP) is 6.08. The van der Waals surface area contributed by atoms with Crippen LogP contribution in [0.25, 0.3) is 28.2 Å². The molecule has 0 atom stereocenters. The number of nitrogens with zero attached hydrogens (tertiary/aromatic N) is 5. The molecule has 0 fully saturated rings. The minimum Gasteiger partial charge on any atom is -0.326 e. The van der Waals surface area contributed by atoms with Crippen molar-refractivity contribution in [2.45, 2.75) is 26.3 Å². The third kappa shape index (κ3) is 8.67. The normalized spacial score (nSPS) is 14.5. The van der Waals surface area contributed by atoms with Crippen molar-refractivity contribution < 1.29 is 30.5 Å². The van der Waals surface area contributed by atoms with Gasteiger partial charge in [-0.25, -0.2) is 9.13 Å². The fourth-order valence-electron chi connectivity index (χ4n) is 6.04. The first-order chi connectivity index (χ1) is 23.3. The van der Waals surface area contributed by atoms with Gasteiger partial charge in [-0.2, -0.15) is 22.1 Å².